The molecule has 1 aromatic rings. The monoisotopic (exact) mass is 221 g/mol. The molecular formula is C13H19NO2. The summed E-state index contributed by atoms with van der Waals surface area (Å²) in [6.07, 6.45) is 1.24. The van der Waals surface area contributed by atoms with Crippen LogP contribution in [0.2, 0.25) is 0 Å². The molecule has 0 saturated heterocycles. The van der Waals surface area contributed by atoms with Gasteiger partial charge in [0, 0.05) is 13.5 Å². The SMILES string of the molecule is CC(CO)N(C)C(=O)CCc1ccccc1. The zero-order valence-electron chi connectivity index (χ0n) is 9.89. The average Bonchev–Trinajstić information content (AvgIpc) is 2.35. The van der Waals surface area contributed by atoms with E-state index in [1.54, 1.807) is 11.9 Å². The van der Waals surface area contributed by atoms with E-state index in [2.05, 4.69) is 0 Å². The number of hydrogen-bond donors (Lipinski definition) is 1. The first kappa shape index (κ1) is 12.7. The fraction of sp³-hybridized carbons (Fsp3) is 0.462. The summed E-state index contributed by atoms with van der Waals surface area (Å²) in [5, 5.41) is 8.95. The van der Waals surface area contributed by atoms with Gasteiger partial charge in [0.15, 0.2) is 0 Å². The molecule has 0 aliphatic rings. The molecule has 1 atom stereocenters. The summed E-state index contributed by atoms with van der Waals surface area (Å²) < 4.78 is 0. The Labute approximate surface area is 96.7 Å². The molecule has 0 radical (unpaired) electrons. The third kappa shape index (κ3) is 3.66. The van der Waals surface area contributed by atoms with Crippen LogP contribution in [0, 0.1) is 0 Å². The van der Waals surface area contributed by atoms with E-state index >= 15 is 0 Å². The van der Waals surface area contributed by atoms with Gasteiger partial charge in [-0.15, -0.1) is 0 Å². The lowest BCUT2D eigenvalue weighted by Gasteiger charge is -2.23. The van der Waals surface area contributed by atoms with Crippen molar-refractivity contribution in [3.05, 3.63) is 35.9 Å². The Morgan fingerprint density at radius 3 is 2.56 bits per heavy atom. The molecule has 0 aliphatic heterocycles. The predicted molar refractivity (Wildman–Crippen MR) is 64.1 cm³/mol. The largest absolute Gasteiger partial charge is 0.394 e. The van der Waals surface area contributed by atoms with Crippen molar-refractivity contribution >= 4 is 5.91 Å². The Morgan fingerprint density at radius 1 is 1.38 bits per heavy atom. The number of benzene rings is 1. The lowest BCUT2D eigenvalue weighted by molar-refractivity contribution is -0.132. The first-order chi connectivity index (χ1) is 7.65. The van der Waals surface area contributed by atoms with Gasteiger partial charge >= 0.3 is 0 Å². The van der Waals surface area contributed by atoms with Crippen molar-refractivity contribution in [2.75, 3.05) is 13.7 Å². The van der Waals surface area contributed by atoms with Crippen molar-refractivity contribution in [1.82, 2.24) is 4.90 Å². The second-order valence-corrected chi connectivity index (χ2v) is 4.02. The standard InChI is InChI=1S/C13H19NO2/c1-11(10-15)14(2)13(16)9-8-12-6-4-3-5-7-12/h3-7,11,15H,8-10H2,1-2H3. The highest BCUT2D eigenvalue weighted by Gasteiger charge is 2.14. The molecule has 16 heavy (non-hydrogen) atoms. The van der Waals surface area contributed by atoms with Crippen LogP contribution >= 0.6 is 0 Å². The zero-order chi connectivity index (χ0) is 12.0. The van der Waals surface area contributed by atoms with Gasteiger partial charge in [-0.25, -0.2) is 0 Å². The number of rotatable bonds is 5. The molecule has 1 unspecified atom stereocenters. The third-order valence-corrected chi connectivity index (χ3v) is 2.79. The van der Waals surface area contributed by atoms with Gasteiger partial charge in [-0.3, -0.25) is 4.79 Å². The Bertz CT molecular complexity index is 324. The predicted octanol–water partition coefficient (Wildman–Crippen LogP) is 1.46. The van der Waals surface area contributed by atoms with Crippen molar-refractivity contribution in [3.63, 3.8) is 0 Å². The van der Waals surface area contributed by atoms with Gasteiger partial charge in [0.1, 0.15) is 0 Å². The van der Waals surface area contributed by atoms with Crippen molar-refractivity contribution in [1.29, 1.82) is 0 Å². The molecule has 0 aromatic heterocycles. The molecule has 1 rings (SSSR count). The number of carbonyl (C=O) groups excluding carboxylic acids is 1. The van der Waals surface area contributed by atoms with E-state index in [0.29, 0.717) is 6.42 Å². The minimum Gasteiger partial charge on any atom is -0.394 e. The average molecular weight is 221 g/mol. The Hall–Kier alpha value is -1.35. The van der Waals surface area contributed by atoms with E-state index < -0.39 is 0 Å². The van der Waals surface area contributed by atoms with Gasteiger partial charge in [0.25, 0.3) is 0 Å². The highest BCUT2D eigenvalue weighted by atomic mass is 16.3. The third-order valence-electron chi connectivity index (χ3n) is 2.79. The van der Waals surface area contributed by atoms with Crippen LogP contribution in [0.25, 0.3) is 0 Å². The van der Waals surface area contributed by atoms with Crippen LogP contribution < -0.4 is 0 Å². The molecule has 3 nitrogen and oxygen atoms in total. The van der Waals surface area contributed by atoms with Crippen LogP contribution in [0.5, 0.6) is 0 Å². The Morgan fingerprint density at radius 2 is 2.00 bits per heavy atom. The van der Waals surface area contributed by atoms with Crippen molar-refractivity contribution in [3.8, 4) is 0 Å². The van der Waals surface area contributed by atoms with Crippen LogP contribution in [-0.2, 0) is 11.2 Å². The molecule has 0 heterocycles. The topological polar surface area (TPSA) is 40.5 Å². The summed E-state index contributed by atoms with van der Waals surface area (Å²) in [7, 11) is 1.73. The first-order valence-electron chi connectivity index (χ1n) is 5.55. The van der Waals surface area contributed by atoms with Gasteiger partial charge in [-0.1, -0.05) is 30.3 Å². The highest BCUT2D eigenvalue weighted by Crippen LogP contribution is 2.05. The lowest BCUT2D eigenvalue weighted by Crippen LogP contribution is -2.37. The maximum Gasteiger partial charge on any atom is 0.222 e. The van der Waals surface area contributed by atoms with Crippen molar-refractivity contribution in [2.45, 2.75) is 25.8 Å². The molecule has 0 bridgehead atoms. The number of carbonyl (C=O) groups is 1. The van der Waals surface area contributed by atoms with Gasteiger partial charge in [0.05, 0.1) is 12.6 Å². The van der Waals surface area contributed by atoms with E-state index in [4.69, 9.17) is 5.11 Å². The van der Waals surface area contributed by atoms with E-state index in [-0.39, 0.29) is 18.6 Å². The van der Waals surface area contributed by atoms with Crippen LogP contribution in [0.1, 0.15) is 18.9 Å². The summed E-state index contributed by atoms with van der Waals surface area (Å²) in [4.78, 5) is 13.3. The second kappa shape index (κ2) is 6.28. The van der Waals surface area contributed by atoms with Crippen LogP contribution in [0.4, 0.5) is 0 Å². The van der Waals surface area contributed by atoms with E-state index in [0.717, 1.165) is 6.42 Å². The summed E-state index contributed by atoms with van der Waals surface area (Å²) in [6, 6.07) is 9.83. The number of nitrogens with zero attached hydrogens (tertiary/aromatic N) is 1. The van der Waals surface area contributed by atoms with E-state index in [1.807, 2.05) is 37.3 Å². The van der Waals surface area contributed by atoms with Crippen LogP contribution in [0.3, 0.4) is 0 Å². The lowest BCUT2D eigenvalue weighted by atomic mass is 10.1. The summed E-state index contributed by atoms with van der Waals surface area (Å²) in [5.41, 5.74) is 1.17. The molecule has 0 fully saturated rings. The van der Waals surface area contributed by atoms with Crippen molar-refractivity contribution < 1.29 is 9.90 Å². The number of hydrogen-bond acceptors (Lipinski definition) is 2. The second-order valence-electron chi connectivity index (χ2n) is 4.02. The first-order valence-corrected chi connectivity index (χ1v) is 5.55. The number of aryl methyl sites for hydroxylation is 1. The number of likely N-dealkylation sites (N-methyl/N-ethyl adjacent to an activating group) is 1. The quantitative estimate of drug-likeness (QED) is 0.817. The summed E-state index contributed by atoms with van der Waals surface area (Å²) in [5.74, 6) is 0.0744. The number of aliphatic hydroxyl groups is 1. The Balaban J connectivity index is 2.41. The van der Waals surface area contributed by atoms with Crippen LogP contribution in [-0.4, -0.2) is 35.6 Å². The zero-order valence-corrected chi connectivity index (χ0v) is 9.89. The van der Waals surface area contributed by atoms with Gasteiger partial charge in [0.2, 0.25) is 5.91 Å². The fourth-order valence-corrected chi connectivity index (χ4v) is 1.44. The Kier molecular flexibility index (Phi) is 4.99. The van der Waals surface area contributed by atoms with Gasteiger partial charge in [-0.05, 0) is 18.9 Å². The number of aliphatic hydroxyl groups excluding tert-OH is 1. The molecular weight excluding hydrogens is 202 g/mol. The normalized spacial score (nSPS) is 12.2. The molecule has 1 amide bonds. The van der Waals surface area contributed by atoms with Crippen molar-refractivity contribution in [2.24, 2.45) is 0 Å². The highest BCUT2D eigenvalue weighted by molar-refractivity contribution is 5.76. The molecule has 0 aliphatic carbocycles. The maximum absolute atomic E-state index is 11.7. The van der Waals surface area contributed by atoms with Gasteiger partial charge < -0.3 is 10.0 Å². The molecule has 1 N–H and O–H groups in total. The summed E-state index contributed by atoms with van der Waals surface area (Å²) in [6.45, 7) is 1.84. The summed E-state index contributed by atoms with van der Waals surface area (Å²) >= 11 is 0. The van der Waals surface area contributed by atoms with Gasteiger partial charge in [-0.2, -0.15) is 0 Å². The molecule has 1 aromatic carbocycles. The van der Waals surface area contributed by atoms with E-state index in [9.17, 15) is 4.79 Å². The minimum atomic E-state index is -0.108. The number of amides is 1. The molecule has 88 valence electrons. The molecule has 3 heteroatoms. The molecule has 0 spiro atoms. The van der Waals surface area contributed by atoms with E-state index in [1.165, 1.54) is 5.56 Å². The molecule has 0 saturated carbocycles. The smallest absolute Gasteiger partial charge is 0.222 e. The van der Waals surface area contributed by atoms with Crippen LogP contribution in [0.15, 0.2) is 30.3 Å². The minimum absolute atomic E-state index is 0.00752. The maximum atomic E-state index is 11.7. The fourth-order valence-electron chi connectivity index (χ4n) is 1.44.